The van der Waals surface area contributed by atoms with Gasteiger partial charge in [-0.25, -0.2) is 0 Å². The second-order valence-electron chi connectivity index (χ2n) is 5.12. The number of rotatable bonds is 1. The molecule has 1 heterocycles. The molecule has 0 spiro atoms. The zero-order valence-corrected chi connectivity index (χ0v) is 9.60. The molecule has 2 rings (SSSR count). The van der Waals surface area contributed by atoms with E-state index in [2.05, 4.69) is 19.2 Å². The van der Waals surface area contributed by atoms with E-state index >= 15 is 0 Å². The van der Waals surface area contributed by atoms with Crippen LogP contribution in [0.4, 0.5) is 0 Å². The van der Waals surface area contributed by atoms with Crippen LogP contribution in [0.25, 0.3) is 0 Å². The third-order valence-corrected chi connectivity index (χ3v) is 4.02. The summed E-state index contributed by atoms with van der Waals surface area (Å²) in [6, 6.07) is 0.721. The van der Waals surface area contributed by atoms with Gasteiger partial charge in [-0.05, 0) is 57.9 Å². The molecule has 2 fully saturated rings. The highest BCUT2D eigenvalue weighted by molar-refractivity contribution is 5.20. The smallest absolute Gasteiger partial charge is 0.0279 e. The topological polar surface area (TPSA) is 12.0 Å². The molecule has 1 saturated carbocycles. The standard InChI is InChI=1S/C13H23N/c1-10-5-7-12(8-6-10)11(2)13-4-3-9-14-13/h10,13-14H,3-9H2,1-2H3. The zero-order chi connectivity index (χ0) is 9.97. The van der Waals surface area contributed by atoms with Gasteiger partial charge >= 0.3 is 0 Å². The molecule has 1 aliphatic heterocycles. The first-order chi connectivity index (χ1) is 6.77. The van der Waals surface area contributed by atoms with Crippen LogP contribution in [-0.2, 0) is 0 Å². The van der Waals surface area contributed by atoms with Crippen molar-refractivity contribution >= 4 is 0 Å². The molecule has 1 N–H and O–H groups in total. The van der Waals surface area contributed by atoms with E-state index in [0.29, 0.717) is 0 Å². The lowest BCUT2D eigenvalue weighted by Gasteiger charge is -2.24. The normalized spacial score (nSPS) is 33.4. The summed E-state index contributed by atoms with van der Waals surface area (Å²) in [6.07, 6.45) is 8.30. The number of hydrogen-bond donors (Lipinski definition) is 1. The van der Waals surface area contributed by atoms with Crippen molar-refractivity contribution in [3.05, 3.63) is 11.1 Å². The maximum absolute atomic E-state index is 3.61. The molecule has 1 atom stereocenters. The fourth-order valence-corrected chi connectivity index (χ4v) is 2.81. The van der Waals surface area contributed by atoms with Gasteiger partial charge in [-0.15, -0.1) is 0 Å². The monoisotopic (exact) mass is 193 g/mol. The van der Waals surface area contributed by atoms with E-state index in [1.165, 1.54) is 45.1 Å². The summed E-state index contributed by atoms with van der Waals surface area (Å²) in [5, 5.41) is 3.61. The Morgan fingerprint density at radius 2 is 1.93 bits per heavy atom. The Morgan fingerprint density at radius 1 is 1.21 bits per heavy atom. The molecular formula is C13H23N. The summed E-state index contributed by atoms with van der Waals surface area (Å²) in [7, 11) is 0. The van der Waals surface area contributed by atoms with Crippen LogP contribution < -0.4 is 5.32 Å². The largest absolute Gasteiger partial charge is 0.310 e. The molecule has 1 saturated heterocycles. The molecule has 1 nitrogen and oxygen atoms in total. The highest BCUT2D eigenvalue weighted by Gasteiger charge is 2.20. The van der Waals surface area contributed by atoms with E-state index in [1.54, 1.807) is 11.1 Å². The van der Waals surface area contributed by atoms with Crippen molar-refractivity contribution in [3.8, 4) is 0 Å². The molecule has 1 heteroatoms. The van der Waals surface area contributed by atoms with Gasteiger partial charge in [-0.1, -0.05) is 18.1 Å². The van der Waals surface area contributed by atoms with E-state index in [9.17, 15) is 0 Å². The van der Waals surface area contributed by atoms with Crippen molar-refractivity contribution in [1.29, 1.82) is 0 Å². The lowest BCUT2D eigenvalue weighted by atomic mass is 9.83. The van der Waals surface area contributed by atoms with Gasteiger partial charge in [-0.2, -0.15) is 0 Å². The van der Waals surface area contributed by atoms with Gasteiger partial charge < -0.3 is 5.32 Å². The van der Waals surface area contributed by atoms with Gasteiger partial charge in [0, 0.05) is 6.04 Å². The lowest BCUT2D eigenvalue weighted by molar-refractivity contribution is 0.438. The van der Waals surface area contributed by atoms with Crippen LogP contribution in [0.3, 0.4) is 0 Å². The highest BCUT2D eigenvalue weighted by Crippen LogP contribution is 2.31. The Morgan fingerprint density at radius 3 is 2.50 bits per heavy atom. The molecule has 0 radical (unpaired) electrons. The van der Waals surface area contributed by atoms with Crippen molar-refractivity contribution in [2.75, 3.05) is 6.54 Å². The van der Waals surface area contributed by atoms with Crippen LogP contribution in [0.15, 0.2) is 11.1 Å². The quantitative estimate of drug-likeness (QED) is 0.630. The van der Waals surface area contributed by atoms with Crippen molar-refractivity contribution in [3.63, 3.8) is 0 Å². The fraction of sp³-hybridized carbons (Fsp3) is 0.846. The summed E-state index contributed by atoms with van der Waals surface area (Å²) >= 11 is 0. The van der Waals surface area contributed by atoms with Gasteiger partial charge in [0.1, 0.15) is 0 Å². The van der Waals surface area contributed by atoms with E-state index in [0.717, 1.165) is 12.0 Å². The molecule has 0 aromatic heterocycles. The summed E-state index contributed by atoms with van der Waals surface area (Å²) in [6.45, 7) is 5.97. The molecule has 0 aromatic carbocycles. The fourth-order valence-electron chi connectivity index (χ4n) is 2.81. The summed E-state index contributed by atoms with van der Waals surface area (Å²) in [4.78, 5) is 0. The minimum absolute atomic E-state index is 0.721. The van der Waals surface area contributed by atoms with Crippen LogP contribution in [0.1, 0.15) is 52.4 Å². The highest BCUT2D eigenvalue weighted by atomic mass is 14.9. The average molecular weight is 193 g/mol. The van der Waals surface area contributed by atoms with Crippen LogP contribution in [0.2, 0.25) is 0 Å². The van der Waals surface area contributed by atoms with Gasteiger partial charge in [0.25, 0.3) is 0 Å². The van der Waals surface area contributed by atoms with Crippen LogP contribution in [-0.4, -0.2) is 12.6 Å². The van der Waals surface area contributed by atoms with Crippen molar-refractivity contribution in [1.82, 2.24) is 5.32 Å². The van der Waals surface area contributed by atoms with Gasteiger partial charge in [0.15, 0.2) is 0 Å². The van der Waals surface area contributed by atoms with Gasteiger partial charge in [-0.3, -0.25) is 0 Å². The molecule has 0 amide bonds. The first kappa shape index (κ1) is 10.2. The third kappa shape index (κ3) is 2.20. The van der Waals surface area contributed by atoms with Crippen LogP contribution >= 0.6 is 0 Å². The number of hydrogen-bond acceptors (Lipinski definition) is 1. The summed E-state index contributed by atoms with van der Waals surface area (Å²) in [5.41, 5.74) is 3.44. The molecule has 1 aliphatic carbocycles. The van der Waals surface area contributed by atoms with Crippen LogP contribution in [0.5, 0.6) is 0 Å². The Balaban J connectivity index is 1.99. The van der Waals surface area contributed by atoms with Crippen molar-refractivity contribution in [2.24, 2.45) is 5.92 Å². The molecular weight excluding hydrogens is 170 g/mol. The molecule has 2 aliphatic rings. The van der Waals surface area contributed by atoms with Crippen LogP contribution in [0, 0.1) is 5.92 Å². The van der Waals surface area contributed by atoms with Crippen molar-refractivity contribution < 1.29 is 0 Å². The van der Waals surface area contributed by atoms with Gasteiger partial charge in [0.2, 0.25) is 0 Å². The minimum atomic E-state index is 0.721. The number of allylic oxidation sites excluding steroid dienone is 1. The van der Waals surface area contributed by atoms with Crippen molar-refractivity contribution in [2.45, 2.75) is 58.4 Å². The maximum atomic E-state index is 3.61. The second-order valence-corrected chi connectivity index (χ2v) is 5.12. The molecule has 80 valence electrons. The predicted octanol–water partition coefficient (Wildman–Crippen LogP) is 3.27. The van der Waals surface area contributed by atoms with E-state index in [-0.39, 0.29) is 0 Å². The zero-order valence-electron chi connectivity index (χ0n) is 9.60. The molecule has 14 heavy (non-hydrogen) atoms. The average Bonchev–Trinajstić information content (AvgIpc) is 2.71. The Labute approximate surface area is 88.0 Å². The van der Waals surface area contributed by atoms with E-state index < -0.39 is 0 Å². The second kappa shape index (κ2) is 4.48. The minimum Gasteiger partial charge on any atom is -0.310 e. The predicted molar refractivity (Wildman–Crippen MR) is 61.4 cm³/mol. The summed E-state index contributed by atoms with van der Waals surface area (Å²) < 4.78 is 0. The Hall–Kier alpha value is -0.300. The molecule has 0 aromatic rings. The van der Waals surface area contributed by atoms with Gasteiger partial charge in [0.05, 0.1) is 0 Å². The SMILES string of the molecule is CC(=C1CCC(C)CC1)C1CCCN1. The Kier molecular flexibility index (Phi) is 3.27. The first-order valence-electron chi connectivity index (χ1n) is 6.19. The lowest BCUT2D eigenvalue weighted by Crippen LogP contribution is -2.24. The maximum Gasteiger partial charge on any atom is 0.0279 e. The Bertz CT molecular complexity index is 213. The summed E-state index contributed by atoms with van der Waals surface area (Å²) in [5.74, 6) is 0.961. The van der Waals surface area contributed by atoms with E-state index in [4.69, 9.17) is 0 Å². The molecule has 0 bridgehead atoms. The van der Waals surface area contributed by atoms with E-state index in [1.807, 2.05) is 0 Å². The number of nitrogens with one attached hydrogen (secondary N) is 1. The first-order valence-corrected chi connectivity index (χ1v) is 6.19. The molecule has 1 unspecified atom stereocenters. The third-order valence-electron chi connectivity index (χ3n) is 4.02.